The average Bonchev–Trinajstić information content (AvgIpc) is 2.56. The van der Waals surface area contributed by atoms with Crippen molar-refractivity contribution in [1.29, 1.82) is 0 Å². The smallest absolute Gasteiger partial charge is 0.343 e. The van der Waals surface area contributed by atoms with Crippen LogP contribution >= 0.6 is 0 Å². The van der Waals surface area contributed by atoms with Crippen molar-refractivity contribution in [3.05, 3.63) is 59.7 Å². The zero-order valence-corrected chi connectivity index (χ0v) is 12.8. The summed E-state index contributed by atoms with van der Waals surface area (Å²) in [6.07, 6.45) is 1.50. The quantitative estimate of drug-likeness (QED) is 0.398. The zero-order chi connectivity index (χ0) is 16.7. The number of hydrogen-bond donors (Lipinski definition) is 1. The Morgan fingerprint density at radius 2 is 1.61 bits per heavy atom. The van der Waals surface area contributed by atoms with Crippen molar-refractivity contribution in [3.63, 3.8) is 0 Å². The molecule has 0 aromatic heterocycles. The van der Waals surface area contributed by atoms with Gasteiger partial charge in [-0.2, -0.15) is 5.10 Å². The lowest BCUT2D eigenvalue weighted by molar-refractivity contribution is -0.118. The molecule has 118 valence electrons. The SMILES string of the molecule is COc1ccc(C(=O)Oc2ccc(/C=N\NC(C)=O)cc2)cc1. The third-order valence-corrected chi connectivity index (χ3v) is 2.85. The molecular formula is C17H16N2O4. The Balaban J connectivity index is 1.98. The molecule has 0 aliphatic rings. The van der Waals surface area contributed by atoms with E-state index < -0.39 is 5.97 Å². The minimum Gasteiger partial charge on any atom is -0.497 e. The van der Waals surface area contributed by atoms with E-state index in [-0.39, 0.29) is 5.91 Å². The first-order chi connectivity index (χ1) is 11.1. The highest BCUT2D eigenvalue weighted by Gasteiger charge is 2.08. The molecule has 0 radical (unpaired) electrons. The van der Waals surface area contributed by atoms with E-state index in [1.807, 2.05) is 0 Å². The Kier molecular flexibility index (Phi) is 5.46. The number of hydrazone groups is 1. The summed E-state index contributed by atoms with van der Waals surface area (Å²) in [7, 11) is 1.56. The highest BCUT2D eigenvalue weighted by molar-refractivity contribution is 5.91. The summed E-state index contributed by atoms with van der Waals surface area (Å²) >= 11 is 0. The maximum atomic E-state index is 12.0. The number of nitrogens with zero attached hydrogens (tertiary/aromatic N) is 1. The molecule has 0 bridgehead atoms. The van der Waals surface area contributed by atoms with Crippen LogP contribution in [0.1, 0.15) is 22.8 Å². The second-order valence-electron chi connectivity index (χ2n) is 4.61. The van der Waals surface area contributed by atoms with Crippen molar-refractivity contribution in [2.75, 3.05) is 7.11 Å². The van der Waals surface area contributed by atoms with Crippen molar-refractivity contribution in [1.82, 2.24) is 5.43 Å². The molecule has 1 N–H and O–H groups in total. The second-order valence-corrected chi connectivity index (χ2v) is 4.61. The number of ether oxygens (including phenoxy) is 2. The van der Waals surface area contributed by atoms with Gasteiger partial charge in [0.1, 0.15) is 11.5 Å². The molecule has 0 fully saturated rings. The first-order valence-electron chi connectivity index (χ1n) is 6.84. The lowest BCUT2D eigenvalue weighted by atomic mass is 10.2. The Morgan fingerprint density at radius 3 is 2.17 bits per heavy atom. The Labute approximate surface area is 133 Å². The molecule has 6 nitrogen and oxygen atoms in total. The predicted molar refractivity (Wildman–Crippen MR) is 85.8 cm³/mol. The standard InChI is InChI=1S/C17H16N2O4/c1-12(20)19-18-11-13-3-7-16(8-4-13)23-17(21)14-5-9-15(22-2)10-6-14/h3-11H,1-2H3,(H,19,20)/b18-11-. The van der Waals surface area contributed by atoms with Gasteiger partial charge in [-0.3, -0.25) is 4.79 Å². The molecule has 0 saturated carbocycles. The van der Waals surface area contributed by atoms with Gasteiger partial charge in [0.15, 0.2) is 0 Å². The van der Waals surface area contributed by atoms with Gasteiger partial charge in [0, 0.05) is 6.92 Å². The van der Waals surface area contributed by atoms with E-state index in [1.165, 1.54) is 13.1 Å². The maximum absolute atomic E-state index is 12.0. The largest absolute Gasteiger partial charge is 0.497 e. The fourth-order valence-corrected chi connectivity index (χ4v) is 1.71. The topological polar surface area (TPSA) is 77.0 Å². The molecule has 2 aromatic rings. The highest BCUT2D eigenvalue weighted by atomic mass is 16.5. The minimum atomic E-state index is -0.452. The van der Waals surface area contributed by atoms with Crippen LogP contribution < -0.4 is 14.9 Å². The van der Waals surface area contributed by atoms with E-state index in [0.717, 1.165) is 5.56 Å². The number of esters is 1. The van der Waals surface area contributed by atoms with Crippen LogP contribution in [-0.2, 0) is 4.79 Å². The van der Waals surface area contributed by atoms with E-state index >= 15 is 0 Å². The lowest BCUT2D eigenvalue weighted by Crippen LogP contribution is -2.12. The third-order valence-electron chi connectivity index (χ3n) is 2.85. The van der Waals surface area contributed by atoms with E-state index in [9.17, 15) is 9.59 Å². The van der Waals surface area contributed by atoms with Gasteiger partial charge >= 0.3 is 5.97 Å². The number of rotatable bonds is 5. The van der Waals surface area contributed by atoms with Crippen LogP contribution in [0.25, 0.3) is 0 Å². The van der Waals surface area contributed by atoms with Gasteiger partial charge in [-0.25, -0.2) is 10.2 Å². The molecule has 0 atom stereocenters. The molecule has 0 heterocycles. The van der Waals surface area contributed by atoms with Crippen LogP contribution in [-0.4, -0.2) is 25.2 Å². The second kappa shape index (κ2) is 7.74. The van der Waals surface area contributed by atoms with Gasteiger partial charge < -0.3 is 9.47 Å². The molecule has 2 aromatic carbocycles. The monoisotopic (exact) mass is 312 g/mol. The maximum Gasteiger partial charge on any atom is 0.343 e. The first kappa shape index (κ1) is 16.2. The van der Waals surface area contributed by atoms with Gasteiger partial charge in [0.05, 0.1) is 18.9 Å². The minimum absolute atomic E-state index is 0.244. The van der Waals surface area contributed by atoms with E-state index in [4.69, 9.17) is 9.47 Å². The molecule has 0 aliphatic carbocycles. The summed E-state index contributed by atoms with van der Waals surface area (Å²) in [5.41, 5.74) is 3.51. The molecule has 0 saturated heterocycles. The van der Waals surface area contributed by atoms with Crippen LogP contribution in [0, 0.1) is 0 Å². The molecule has 0 aliphatic heterocycles. The predicted octanol–water partition coefficient (Wildman–Crippen LogP) is 2.38. The molecular weight excluding hydrogens is 296 g/mol. The summed E-state index contributed by atoms with van der Waals surface area (Å²) in [6, 6.07) is 13.4. The number of benzene rings is 2. The van der Waals surface area contributed by atoms with Crippen molar-refractivity contribution in [2.24, 2.45) is 5.10 Å². The van der Waals surface area contributed by atoms with Crippen LogP contribution in [0.3, 0.4) is 0 Å². The van der Waals surface area contributed by atoms with Crippen LogP contribution in [0.15, 0.2) is 53.6 Å². The number of carbonyl (C=O) groups is 2. The molecule has 2 rings (SSSR count). The number of nitrogens with one attached hydrogen (secondary N) is 1. The third kappa shape index (κ3) is 4.96. The van der Waals surface area contributed by atoms with E-state index in [1.54, 1.807) is 55.6 Å². The van der Waals surface area contributed by atoms with E-state index in [0.29, 0.717) is 17.1 Å². The number of amides is 1. The molecule has 6 heteroatoms. The van der Waals surface area contributed by atoms with Gasteiger partial charge in [0.25, 0.3) is 0 Å². The van der Waals surface area contributed by atoms with Gasteiger partial charge in [-0.1, -0.05) is 0 Å². The summed E-state index contributed by atoms with van der Waals surface area (Å²) in [4.78, 5) is 22.7. The highest BCUT2D eigenvalue weighted by Crippen LogP contribution is 2.16. The van der Waals surface area contributed by atoms with Crippen molar-refractivity contribution in [3.8, 4) is 11.5 Å². The van der Waals surface area contributed by atoms with Crippen LogP contribution in [0.5, 0.6) is 11.5 Å². The summed E-state index contributed by atoms with van der Waals surface area (Å²) < 4.78 is 10.3. The lowest BCUT2D eigenvalue weighted by Gasteiger charge is -2.05. The van der Waals surface area contributed by atoms with Crippen molar-refractivity contribution >= 4 is 18.1 Å². The van der Waals surface area contributed by atoms with Crippen molar-refractivity contribution in [2.45, 2.75) is 6.92 Å². The zero-order valence-electron chi connectivity index (χ0n) is 12.8. The summed E-state index contributed by atoms with van der Waals surface area (Å²) in [5, 5.41) is 3.75. The number of methoxy groups -OCH3 is 1. The van der Waals surface area contributed by atoms with Gasteiger partial charge in [-0.05, 0) is 54.1 Å². The van der Waals surface area contributed by atoms with E-state index in [2.05, 4.69) is 10.5 Å². The average molecular weight is 312 g/mol. The van der Waals surface area contributed by atoms with Gasteiger partial charge in [-0.15, -0.1) is 0 Å². The normalized spacial score (nSPS) is 10.3. The number of carbonyl (C=O) groups excluding carboxylic acids is 2. The van der Waals surface area contributed by atoms with Crippen molar-refractivity contribution < 1.29 is 19.1 Å². The Hall–Kier alpha value is -3.15. The molecule has 0 spiro atoms. The molecule has 1 amide bonds. The molecule has 0 unspecified atom stereocenters. The van der Waals surface area contributed by atoms with Gasteiger partial charge in [0.2, 0.25) is 5.91 Å². The fourth-order valence-electron chi connectivity index (χ4n) is 1.71. The molecule has 23 heavy (non-hydrogen) atoms. The fraction of sp³-hybridized carbons (Fsp3) is 0.118. The van der Waals surface area contributed by atoms with Crippen LogP contribution in [0.2, 0.25) is 0 Å². The summed E-state index contributed by atoms with van der Waals surface area (Å²) in [6.45, 7) is 1.37. The van der Waals surface area contributed by atoms with Crippen LogP contribution in [0.4, 0.5) is 0 Å². The first-order valence-corrected chi connectivity index (χ1v) is 6.84. The Bertz CT molecular complexity index is 706. The Morgan fingerprint density at radius 1 is 1.00 bits per heavy atom. The summed E-state index contributed by atoms with van der Waals surface area (Å²) in [5.74, 6) is 0.394. The number of hydrogen-bond acceptors (Lipinski definition) is 5.